The SMILES string of the molecule is CCOC1(Br)C=CC(c2ccccc2)C=C1. The summed E-state index contributed by atoms with van der Waals surface area (Å²) >= 11 is 3.56. The Morgan fingerprint density at radius 2 is 1.81 bits per heavy atom. The van der Waals surface area contributed by atoms with Gasteiger partial charge in [-0.1, -0.05) is 42.5 Å². The lowest BCUT2D eigenvalue weighted by Gasteiger charge is -2.25. The van der Waals surface area contributed by atoms with Crippen LogP contribution >= 0.6 is 15.9 Å². The van der Waals surface area contributed by atoms with Gasteiger partial charge in [-0.3, -0.25) is 0 Å². The van der Waals surface area contributed by atoms with Gasteiger partial charge < -0.3 is 4.74 Å². The minimum atomic E-state index is -0.410. The number of hydrogen-bond donors (Lipinski definition) is 0. The first-order valence-corrected chi connectivity index (χ1v) is 6.29. The lowest BCUT2D eigenvalue weighted by atomic mass is 9.94. The molecule has 0 unspecified atom stereocenters. The summed E-state index contributed by atoms with van der Waals surface area (Å²) in [5.74, 6) is 0.354. The predicted octanol–water partition coefficient (Wildman–Crippen LogP) is 4.02. The molecule has 0 radical (unpaired) electrons. The van der Waals surface area contributed by atoms with Crippen molar-refractivity contribution in [1.29, 1.82) is 0 Å². The third-order valence-electron chi connectivity index (χ3n) is 2.61. The monoisotopic (exact) mass is 278 g/mol. The van der Waals surface area contributed by atoms with Crippen LogP contribution in [-0.4, -0.2) is 11.1 Å². The van der Waals surface area contributed by atoms with Gasteiger partial charge in [0, 0.05) is 12.5 Å². The van der Waals surface area contributed by atoms with Gasteiger partial charge in [0.15, 0.2) is 4.51 Å². The van der Waals surface area contributed by atoms with E-state index in [1.165, 1.54) is 5.56 Å². The molecule has 2 heteroatoms. The molecule has 1 aromatic rings. The van der Waals surface area contributed by atoms with Crippen LogP contribution in [0, 0.1) is 0 Å². The first-order chi connectivity index (χ1) is 7.73. The van der Waals surface area contributed by atoms with Gasteiger partial charge in [0.05, 0.1) is 0 Å². The van der Waals surface area contributed by atoms with E-state index in [0.717, 1.165) is 0 Å². The van der Waals surface area contributed by atoms with E-state index in [1.807, 2.05) is 13.0 Å². The molecular weight excluding hydrogens is 264 g/mol. The summed E-state index contributed by atoms with van der Waals surface area (Å²) in [5.41, 5.74) is 1.31. The summed E-state index contributed by atoms with van der Waals surface area (Å²) in [6, 6.07) is 10.4. The van der Waals surface area contributed by atoms with E-state index in [4.69, 9.17) is 4.74 Å². The molecule has 1 aliphatic carbocycles. The van der Waals surface area contributed by atoms with E-state index >= 15 is 0 Å². The molecule has 0 heterocycles. The standard InChI is InChI=1S/C14H15BrO/c1-2-16-14(15)10-8-13(9-11-14)12-6-4-3-5-7-12/h3-11,13H,2H2,1H3. The molecule has 1 aliphatic rings. The Morgan fingerprint density at radius 1 is 1.19 bits per heavy atom. The molecule has 0 amide bonds. The zero-order valence-electron chi connectivity index (χ0n) is 9.27. The van der Waals surface area contributed by atoms with Gasteiger partial charge in [0.25, 0.3) is 0 Å². The largest absolute Gasteiger partial charge is 0.357 e. The van der Waals surface area contributed by atoms with Crippen molar-refractivity contribution in [1.82, 2.24) is 0 Å². The molecule has 0 spiro atoms. The number of rotatable bonds is 3. The highest BCUT2D eigenvalue weighted by molar-refractivity contribution is 9.10. The molecule has 0 bridgehead atoms. The summed E-state index contributed by atoms with van der Waals surface area (Å²) in [6.45, 7) is 2.68. The normalized spacial score (nSPS) is 28.2. The molecule has 2 rings (SSSR count). The molecule has 0 aromatic heterocycles. The Hall–Kier alpha value is -0.860. The molecule has 1 nitrogen and oxygen atoms in total. The van der Waals surface area contributed by atoms with E-state index in [1.54, 1.807) is 0 Å². The van der Waals surface area contributed by atoms with Gasteiger partial charge in [0.2, 0.25) is 0 Å². The van der Waals surface area contributed by atoms with Crippen molar-refractivity contribution in [3.05, 3.63) is 60.2 Å². The van der Waals surface area contributed by atoms with Crippen molar-refractivity contribution >= 4 is 15.9 Å². The van der Waals surface area contributed by atoms with E-state index < -0.39 is 4.51 Å². The molecule has 0 atom stereocenters. The van der Waals surface area contributed by atoms with Gasteiger partial charge in [-0.15, -0.1) is 0 Å². The number of ether oxygens (including phenoxy) is 1. The zero-order chi connectivity index (χ0) is 11.4. The Kier molecular flexibility index (Phi) is 3.62. The Balaban J connectivity index is 2.12. The van der Waals surface area contributed by atoms with Crippen molar-refractivity contribution in [2.24, 2.45) is 0 Å². The average molecular weight is 279 g/mol. The Morgan fingerprint density at radius 3 is 2.38 bits per heavy atom. The summed E-state index contributed by atoms with van der Waals surface area (Å²) < 4.78 is 5.19. The fourth-order valence-electron chi connectivity index (χ4n) is 1.80. The Labute approximate surface area is 105 Å². The molecule has 1 aromatic carbocycles. The molecule has 84 valence electrons. The second kappa shape index (κ2) is 4.98. The number of benzene rings is 1. The topological polar surface area (TPSA) is 9.23 Å². The van der Waals surface area contributed by atoms with Crippen molar-refractivity contribution < 1.29 is 4.74 Å². The quantitative estimate of drug-likeness (QED) is 0.599. The van der Waals surface area contributed by atoms with Crippen LogP contribution in [0.1, 0.15) is 18.4 Å². The van der Waals surface area contributed by atoms with Crippen molar-refractivity contribution in [3.8, 4) is 0 Å². The lowest BCUT2D eigenvalue weighted by molar-refractivity contribution is 0.107. The highest BCUT2D eigenvalue weighted by atomic mass is 79.9. The van der Waals surface area contributed by atoms with E-state index in [2.05, 4.69) is 64.5 Å². The first-order valence-electron chi connectivity index (χ1n) is 5.50. The summed E-state index contributed by atoms with van der Waals surface area (Å²) in [6.07, 6.45) is 8.46. The second-order valence-corrected chi connectivity index (χ2v) is 5.02. The molecular formula is C14H15BrO. The molecule has 16 heavy (non-hydrogen) atoms. The van der Waals surface area contributed by atoms with Gasteiger partial charge in [-0.25, -0.2) is 0 Å². The summed E-state index contributed by atoms with van der Waals surface area (Å²) in [4.78, 5) is 0. The zero-order valence-corrected chi connectivity index (χ0v) is 10.9. The van der Waals surface area contributed by atoms with Crippen molar-refractivity contribution in [2.45, 2.75) is 17.4 Å². The fourth-order valence-corrected chi connectivity index (χ4v) is 2.34. The van der Waals surface area contributed by atoms with Gasteiger partial charge in [-0.05, 0) is 40.6 Å². The van der Waals surface area contributed by atoms with Gasteiger partial charge in [0.1, 0.15) is 0 Å². The molecule has 0 N–H and O–H groups in total. The first kappa shape index (κ1) is 11.6. The van der Waals surface area contributed by atoms with Crippen LogP contribution in [0.2, 0.25) is 0 Å². The highest BCUT2D eigenvalue weighted by Crippen LogP contribution is 2.32. The third kappa shape index (κ3) is 2.63. The minimum absolute atomic E-state index is 0.354. The maximum Gasteiger partial charge on any atom is 0.159 e. The number of allylic oxidation sites excluding steroid dienone is 2. The van der Waals surface area contributed by atoms with Crippen molar-refractivity contribution in [3.63, 3.8) is 0 Å². The van der Waals surface area contributed by atoms with Crippen LogP contribution in [0.25, 0.3) is 0 Å². The van der Waals surface area contributed by atoms with Crippen LogP contribution in [0.4, 0.5) is 0 Å². The smallest absolute Gasteiger partial charge is 0.159 e. The van der Waals surface area contributed by atoms with Crippen LogP contribution in [-0.2, 0) is 4.74 Å². The number of halogens is 1. The molecule has 0 fully saturated rings. The van der Waals surface area contributed by atoms with E-state index in [9.17, 15) is 0 Å². The number of hydrogen-bond acceptors (Lipinski definition) is 1. The van der Waals surface area contributed by atoms with Crippen LogP contribution in [0.5, 0.6) is 0 Å². The average Bonchev–Trinajstić information content (AvgIpc) is 2.31. The predicted molar refractivity (Wildman–Crippen MR) is 70.7 cm³/mol. The van der Waals surface area contributed by atoms with E-state index in [-0.39, 0.29) is 0 Å². The molecule has 0 saturated carbocycles. The van der Waals surface area contributed by atoms with Gasteiger partial charge in [-0.2, -0.15) is 0 Å². The van der Waals surface area contributed by atoms with E-state index in [0.29, 0.717) is 12.5 Å². The Bertz CT molecular complexity index is 380. The minimum Gasteiger partial charge on any atom is -0.357 e. The molecule has 0 saturated heterocycles. The van der Waals surface area contributed by atoms with Crippen LogP contribution < -0.4 is 0 Å². The summed E-state index contributed by atoms with van der Waals surface area (Å²) in [7, 11) is 0. The number of alkyl halides is 1. The maximum atomic E-state index is 5.60. The van der Waals surface area contributed by atoms with Gasteiger partial charge >= 0.3 is 0 Å². The maximum absolute atomic E-state index is 5.60. The van der Waals surface area contributed by atoms with Crippen LogP contribution in [0.15, 0.2) is 54.6 Å². The third-order valence-corrected chi connectivity index (χ3v) is 3.37. The molecule has 0 aliphatic heterocycles. The summed E-state index contributed by atoms with van der Waals surface area (Å²) in [5, 5.41) is 0. The van der Waals surface area contributed by atoms with Crippen molar-refractivity contribution in [2.75, 3.05) is 6.61 Å². The van der Waals surface area contributed by atoms with Crippen LogP contribution in [0.3, 0.4) is 0 Å². The fraction of sp³-hybridized carbons (Fsp3) is 0.286. The highest BCUT2D eigenvalue weighted by Gasteiger charge is 2.23. The second-order valence-electron chi connectivity index (χ2n) is 3.79. The lowest BCUT2D eigenvalue weighted by Crippen LogP contribution is -2.21.